The van der Waals surface area contributed by atoms with Gasteiger partial charge in [0.15, 0.2) is 6.10 Å². The van der Waals surface area contributed by atoms with Gasteiger partial charge in [0.1, 0.15) is 5.75 Å². The molecule has 2 aromatic carbocycles. The Labute approximate surface area is 166 Å². The molecule has 2 atom stereocenters. The van der Waals surface area contributed by atoms with Crippen LogP contribution in [0.15, 0.2) is 60.7 Å². The highest BCUT2D eigenvalue weighted by atomic mass is 16.5. The molecule has 0 aliphatic rings. The second-order valence-corrected chi connectivity index (χ2v) is 6.47. The summed E-state index contributed by atoms with van der Waals surface area (Å²) in [6.07, 6.45) is 2.09. The summed E-state index contributed by atoms with van der Waals surface area (Å²) in [5.74, 6) is 0.0723. The van der Waals surface area contributed by atoms with E-state index in [1.165, 1.54) is 6.08 Å². The second-order valence-electron chi connectivity index (χ2n) is 6.47. The molecule has 0 aliphatic carbocycles. The first kappa shape index (κ1) is 21.2. The molecule has 0 fully saturated rings. The topological polar surface area (TPSA) is 64.6 Å². The van der Waals surface area contributed by atoms with Crippen LogP contribution in [0.1, 0.15) is 37.8 Å². The first-order valence-electron chi connectivity index (χ1n) is 9.43. The number of hydrogen-bond acceptors (Lipinski definition) is 4. The molecule has 0 aromatic heterocycles. The van der Waals surface area contributed by atoms with E-state index in [1.54, 1.807) is 13.0 Å². The van der Waals surface area contributed by atoms with Crippen LogP contribution in [0.25, 0.3) is 6.08 Å². The molecule has 0 aliphatic heterocycles. The van der Waals surface area contributed by atoms with E-state index >= 15 is 0 Å². The van der Waals surface area contributed by atoms with E-state index in [-0.39, 0.29) is 11.8 Å². The molecule has 0 bridgehead atoms. The second kappa shape index (κ2) is 10.9. The van der Waals surface area contributed by atoms with Crippen LogP contribution in [0, 0.1) is 0 Å². The minimum Gasteiger partial charge on any atom is -0.494 e. The molecule has 0 spiro atoms. The average molecular weight is 381 g/mol. The van der Waals surface area contributed by atoms with Crippen LogP contribution in [0.4, 0.5) is 0 Å². The lowest BCUT2D eigenvalue weighted by Crippen LogP contribution is -2.37. The fraction of sp³-hybridized carbons (Fsp3) is 0.304. The Hall–Kier alpha value is -3.08. The highest BCUT2D eigenvalue weighted by Gasteiger charge is 2.17. The Morgan fingerprint density at radius 1 is 1.04 bits per heavy atom. The Balaban J connectivity index is 1.78. The van der Waals surface area contributed by atoms with Crippen LogP contribution in [-0.2, 0) is 14.3 Å². The van der Waals surface area contributed by atoms with Gasteiger partial charge in [-0.25, -0.2) is 4.79 Å². The molecule has 5 nitrogen and oxygen atoms in total. The molecule has 0 radical (unpaired) electrons. The van der Waals surface area contributed by atoms with Crippen LogP contribution in [0.3, 0.4) is 0 Å². The summed E-state index contributed by atoms with van der Waals surface area (Å²) in [5, 5.41) is 2.82. The molecule has 2 unspecified atom stereocenters. The van der Waals surface area contributed by atoms with E-state index in [0.717, 1.165) is 16.9 Å². The van der Waals surface area contributed by atoms with Gasteiger partial charge in [-0.3, -0.25) is 4.79 Å². The SMILES string of the molecule is CCOc1ccc(/C=C/C(=O)OC(C)C(=O)NCC(C)c2ccccc2)cc1. The number of carbonyl (C=O) groups excluding carboxylic acids is 2. The van der Waals surface area contributed by atoms with Crippen LogP contribution >= 0.6 is 0 Å². The molecular weight excluding hydrogens is 354 g/mol. The number of rotatable bonds is 9. The lowest BCUT2D eigenvalue weighted by Gasteiger charge is -2.16. The van der Waals surface area contributed by atoms with Gasteiger partial charge < -0.3 is 14.8 Å². The molecule has 2 rings (SSSR count). The number of carbonyl (C=O) groups is 2. The van der Waals surface area contributed by atoms with Crippen LogP contribution in [0.2, 0.25) is 0 Å². The lowest BCUT2D eigenvalue weighted by atomic mass is 10.0. The summed E-state index contributed by atoms with van der Waals surface area (Å²) in [6.45, 7) is 6.60. The van der Waals surface area contributed by atoms with Crippen molar-refractivity contribution in [3.63, 3.8) is 0 Å². The average Bonchev–Trinajstić information content (AvgIpc) is 2.72. The first-order valence-corrected chi connectivity index (χ1v) is 9.43. The summed E-state index contributed by atoms with van der Waals surface area (Å²) in [6, 6.07) is 17.3. The number of benzene rings is 2. The fourth-order valence-corrected chi connectivity index (χ4v) is 2.57. The molecule has 5 heteroatoms. The zero-order valence-corrected chi connectivity index (χ0v) is 16.6. The molecular formula is C23H27NO4. The maximum atomic E-state index is 12.2. The van der Waals surface area contributed by atoms with Gasteiger partial charge in [0.2, 0.25) is 0 Å². The predicted octanol–water partition coefficient (Wildman–Crippen LogP) is 3.95. The molecule has 2 aromatic rings. The Bertz CT molecular complexity index is 784. The standard InChI is InChI=1S/C23H27NO4/c1-4-27-21-13-10-19(11-14-21)12-15-22(25)28-18(3)23(26)24-16-17(2)20-8-6-5-7-9-20/h5-15,17-18H,4,16H2,1-3H3,(H,24,26)/b15-12+. The minimum atomic E-state index is -0.861. The number of ether oxygens (including phenoxy) is 2. The summed E-state index contributed by atoms with van der Waals surface area (Å²) < 4.78 is 10.5. The Morgan fingerprint density at radius 3 is 2.36 bits per heavy atom. The molecule has 0 saturated carbocycles. The van der Waals surface area contributed by atoms with Crippen molar-refractivity contribution in [3.05, 3.63) is 71.8 Å². The summed E-state index contributed by atoms with van der Waals surface area (Å²) in [5.41, 5.74) is 1.99. The highest BCUT2D eigenvalue weighted by molar-refractivity contribution is 5.90. The van der Waals surface area contributed by atoms with Crippen molar-refractivity contribution in [1.82, 2.24) is 5.32 Å². The zero-order valence-electron chi connectivity index (χ0n) is 16.6. The van der Waals surface area contributed by atoms with E-state index in [0.29, 0.717) is 13.2 Å². The number of amides is 1. The zero-order chi connectivity index (χ0) is 20.4. The van der Waals surface area contributed by atoms with E-state index in [2.05, 4.69) is 5.32 Å². The highest BCUT2D eigenvalue weighted by Crippen LogP contribution is 2.14. The molecule has 148 valence electrons. The van der Waals surface area contributed by atoms with E-state index in [4.69, 9.17) is 9.47 Å². The monoisotopic (exact) mass is 381 g/mol. The van der Waals surface area contributed by atoms with Gasteiger partial charge in [0.05, 0.1) is 6.61 Å². The summed E-state index contributed by atoms with van der Waals surface area (Å²) in [7, 11) is 0. The van der Waals surface area contributed by atoms with Crippen molar-refractivity contribution in [3.8, 4) is 5.75 Å². The van der Waals surface area contributed by atoms with Crippen molar-refractivity contribution in [2.24, 2.45) is 0 Å². The maximum absolute atomic E-state index is 12.2. The number of nitrogens with one attached hydrogen (secondary N) is 1. The molecule has 1 N–H and O–H groups in total. The van der Waals surface area contributed by atoms with E-state index in [1.807, 2.05) is 68.4 Å². The Morgan fingerprint density at radius 2 is 1.71 bits per heavy atom. The third-order valence-corrected chi connectivity index (χ3v) is 4.22. The fourth-order valence-electron chi connectivity index (χ4n) is 2.57. The molecule has 0 heterocycles. The van der Waals surface area contributed by atoms with Crippen molar-refractivity contribution >= 4 is 18.0 Å². The third-order valence-electron chi connectivity index (χ3n) is 4.22. The van der Waals surface area contributed by atoms with Crippen molar-refractivity contribution in [2.45, 2.75) is 32.8 Å². The van der Waals surface area contributed by atoms with Crippen molar-refractivity contribution < 1.29 is 19.1 Å². The lowest BCUT2D eigenvalue weighted by molar-refractivity contribution is -0.150. The molecule has 0 saturated heterocycles. The van der Waals surface area contributed by atoms with Crippen LogP contribution in [-0.4, -0.2) is 31.1 Å². The predicted molar refractivity (Wildman–Crippen MR) is 110 cm³/mol. The van der Waals surface area contributed by atoms with Gasteiger partial charge in [-0.1, -0.05) is 49.4 Å². The Kier molecular flexibility index (Phi) is 8.28. The van der Waals surface area contributed by atoms with Gasteiger partial charge in [-0.2, -0.15) is 0 Å². The first-order chi connectivity index (χ1) is 13.5. The normalized spacial score (nSPS) is 13.0. The van der Waals surface area contributed by atoms with E-state index in [9.17, 15) is 9.59 Å². The van der Waals surface area contributed by atoms with Gasteiger partial charge in [0, 0.05) is 12.6 Å². The molecule has 28 heavy (non-hydrogen) atoms. The quantitative estimate of drug-likeness (QED) is 0.528. The van der Waals surface area contributed by atoms with Crippen molar-refractivity contribution in [2.75, 3.05) is 13.2 Å². The number of hydrogen-bond donors (Lipinski definition) is 1. The van der Waals surface area contributed by atoms with Gasteiger partial charge >= 0.3 is 5.97 Å². The third kappa shape index (κ3) is 6.91. The maximum Gasteiger partial charge on any atom is 0.331 e. The van der Waals surface area contributed by atoms with E-state index < -0.39 is 12.1 Å². The number of esters is 1. The van der Waals surface area contributed by atoms with Gasteiger partial charge in [-0.05, 0) is 49.1 Å². The van der Waals surface area contributed by atoms with Crippen LogP contribution < -0.4 is 10.1 Å². The summed E-state index contributed by atoms with van der Waals surface area (Å²) >= 11 is 0. The van der Waals surface area contributed by atoms with Gasteiger partial charge in [0.25, 0.3) is 5.91 Å². The van der Waals surface area contributed by atoms with Crippen LogP contribution in [0.5, 0.6) is 5.75 Å². The molecule has 1 amide bonds. The minimum absolute atomic E-state index is 0.174. The van der Waals surface area contributed by atoms with Crippen molar-refractivity contribution in [1.29, 1.82) is 0 Å². The smallest absolute Gasteiger partial charge is 0.331 e. The summed E-state index contributed by atoms with van der Waals surface area (Å²) in [4.78, 5) is 24.1. The largest absolute Gasteiger partial charge is 0.494 e. The van der Waals surface area contributed by atoms with Gasteiger partial charge in [-0.15, -0.1) is 0 Å².